The van der Waals surface area contributed by atoms with Gasteiger partial charge in [-0.3, -0.25) is 0 Å². The number of ether oxygens (including phenoxy) is 2. The summed E-state index contributed by atoms with van der Waals surface area (Å²) < 4.78 is 11.3. The van der Waals surface area contributed by atoms with E-state index in [1.807, 2.05) is 0 Å². The van der Waals surface area contributed by atoms with Crippen LogP contribution in [-0.2, 0) is 9.47 Å². The normalized spacial score (nSPS) is 25.6. The van der Waals surface area contributed by atoms with Gasteiger partial charge in [-0.2, -0.15) is 0 Å². The van der Waals surface area contributed by atoms with E-state index in [0.717, 1.165) is 25.7 Å². The summed E-state index contributed by atoms with van der Waals surface area (Å²) in [7, 11) is 0. The van der Waals surface area contributed by atoms with Crippen molar-refractivity contribution >= 4 is 6.09 Å². The number of carbonyl (C=O) groups is 1. The Morgan fingerprint density at radius 1 is 1.41 bits per heavy atom. The first-order valence-corrected chi connectivity index (χ1v) is 6.05. The molecule has 1 atom stereocenters. The molecule has 2 rings (SSSR count). The highest BCUT2D eigenvalue weighted by atomic mass is 16.7. The summed E-state index contributed by atoms with van der Waals surface area (Å²) in [6, 6.07) is -0.175. The molecule has 17 heavy (non-hydrogen) atoms. The summed E-state index contributed by atoms with van der Waals surface area (Å²) in [5.74, 6) is -0.0899. The molecule has 1 spiro atoms. The summed E-state index contributed by atoms with van der Waals surface area (Å²) in [4.78, 5) is 10.7. The van der Waals surface area contributed by atoms with Gasteiger partial charge >= 0.3 is 6.09 Å². The van der Waals surface area contributed by atoms with Gasteiger partial charge in [0.1, 0.15) is 0 Å². The van der Waals surface area contributed by atoms with Gasteiger partial charge in [0.15, 0.2) is 5.79 Å². The monoisotopic (exact) mass is 241 g/mol. The Balaban J connectivity index is 1.88. The van der Waals surface area contributed by atoms with Gasteiger partial charge in [0.2, 0.25) is 0 Å². The average Bonchev–Trinajstić information content (AvgIpc) is 2.76. The highest BCUT2D eigenvalue weighted by Gasteiger charge is 2.41. The third-order valence-electron chi connectivity index (χ3n) is 3.66. The zero-order chi connectivity index (χ0) is 12.3. The molecule has 1 saturated carbocycles. The van der Waals surface area contributed by atoms with Gasteiger partial charge in [-0.25, -0.2) is 4.79 Å². The Morgan fingerprint density at radius 2 is 2.00 bits per heavy atom. The molecule has 5 nitrogen and oxygen atoms in total. The van der Waals surface area contributed by atoms with E-state index in [9.17, 15) is 4.79 Å². The molecule has 1 saturated heterocycles. The van der Waals surface area contributed by atoms with Crippen molar-refractivity contribution in [1.82, 2.24) is 5.32 Å². The summed E-state index contributed by atoms with van der Waals surface area (Å²) in [6.07, 6.45) is 4.15. The van der Waals surface area contributed by atoms with Crippen molar-refractivity contribution in [2.24, 2.45) is 5.92 Å². The second kappa shape index (κ2) is 5.06. The molecule has 0 radical (unpaired) electrons. The van der Waals surface area contributed by atoms with E-state index in [2.05, 4.69) is 11.9 Å². The molecule has 96 valence electrons. The Morgan fingerprint density at radius 3 is 2.47 bits per heavy atom. The maximum absolute atomic E-state index is 10.7. The van der Waals surface area contributed by atoms with E-state index in [4.69, 9.17) is 14.6 Å². The van der Waals surface area contributed by atoms with Crippen LogP contribution in [0.2, 0.25) is 0 Å². The molecule has 1 aliphatic heterocycles. The van der Waals surface area contributed by atoms with Gasteiger partial charge in [-0.05, 0) is 18.8 Å². The number of amides is 1. The van der Waals surface area contributed by atoms with Crippen LogP contribution in [0.1, 0.15) is 25.7 Å². The first kappa shape index (κ1) is 12.4. The second-order valence-electron chi connectivity index (χ2n) is 4.66. The summed E-state index contributed by atoms with van der Waals surface area (Å²) >= 11 is 0. The lowest BCUT2D eigenvalue weighted by molar-refractivity contribution is -0.183. The largest absolute Gasteiger partial charge is 0.465 e. The van der Waals surface area contributed by atoms with Crippen LogP contribution in [0.5, 0.6) is 0 Å². The van der Waals surface area contributed by atoms with Gasteiger partial charge < -0.3 is 19.9 Å². The van der Waals surface area contributed by atoms with Crippen LogP contribution in [0.3, 0.4) is 0 Å². The van der Waals surface area contributed by atoms with Crippen LogP contribution in [-0.4, -0.2) is 36.2 Å². The molecule has 1 aliphatic carbocycles. The second-order valence-corrected chi connectivity index (χ2v) is 4.66. The molecular weight excluding hydrogens is 222 g/mol. The molecule has 1 heterocycles. The van der Waals surface area contributed by atoms with Gasteiger partial charge in [-0.15, -0.1) is 6.58 Å². The third-order valence-corrected chi connectivity index (χ3v) is 3.66. The van der Waals surface area contributed by atoms with Crippen LogP contribution in [0, 0.1) is 5.92 Å². The minimum absolute atomic E-state index is 0.175. The molecule has 1 unspecified atom stereocenters. The van der Waals surface area contributed by atoms with E-state index < -0.39 is 6.09 Å². The van der Waals surface area contributed by atoms with Gasteiger partial charge in [0.05, 0.1) is 19.3 Å². The van der Waals surface area contributed by atoms with Crippen molar-refractivity contribution in [2.75, 3.05) is 13.2 Å². The van der Waals surface area contributed by atoms with Gasteiger partial charge in [-0.1, -0.05) is 6.08 Å². The minimum Gasteiger partial charge on any atom is -0.465 e. The number of rotatable bonds is 3. The van der Waals surface area contributed by atoms with E-state index >= 15 is 0 Å². The fraction of sp³-hybridized carbons (Fsp3) is 0.750. The fourth-order valence-electron chi connectivity index (χ4n) is 2.74. The first-order chi connectivity index (χ1) is 8.15. The highest BCUT2D eigenvalue weighted by Crippen LogP contribution is 2.39. The lowest BCUT2D eigenvalue weighted by Crippen LogP contribution is -2.43. The SMILES string of the molecule is C=CC(NC(=O)O)C1CCC2(CC1)OCCO2. The maximum atomic E-state index is 10.7. The molecule has 0 bridgehead atoms. The lowest BCUT2D eigenvalue weighted by Gasteiger charge is -2.37. The fourth-order valence-corrected chi connectivity index (χ4v) is 2.74. The van der Waals surface area contributed by atoms with Crippen molar-refractivity contribution in [2.45, 2.75) is 37.5 Å². The number of hydrogen-bond acceptors (Lipinski definition) is 3. The quantitative estimate of drug-likeness (QED) is 0.738. The summed E-state index contributed by atoms with van der Waals surface area (Å²) in [6.45, 7) is 5.03. The highest BCUT2D eigenvalue weighted by molar-refractivity contribution is 5.65. The van der Waals surface area contributed by atoms with Crippen LogP contribution in [0.4, 0.5) is 4.79 Å². The summed E-state index contributed by atoms with van der Waals surface area (Å²) in [5, 5.41) is 11.2. The standard InChI is InChI=1S/C12H19NO4/c1-2-10(13-11(14)15)9-3-5-12(6-4-9)16-7-8-17-12/h2,9-10,13H,1,3-8H2,(H,14,15). The molecular formula is C12H19NO4. The molecule has 0 aromatic rings. The predicted octanol–water partition coefficient (Wildman–Crippen LogP) is 1.74. The predicted molar refractivity (Wildman–Crippen MR) is 61.7 cm³/mol. The number of nitrogens with one attached hydrogen (secondary N) is 1. The average molecular weight is 241 g/mol. The van der Waals surface area contributed by atoms with Gasteiger partial charge in [0, 0.05) is 12.8 Å². The van der Waals surface area contributed by atoms with Crippen LogP contribution in [0.25, 0.3) is 0 Å². The van der Waals surface area contributed by atoms with Crippen molar-refractivity contribution in [3.63, 3.8) is 0 Å². The van der Waals surface area contributed by atoms with Crippen molar-refractivity contribution in [1.29, 1.82) is 0 Å². The van der Waals surface area contributed by atoms with E-state index in [1.54, 1.807) is 6.08 Å². The van der Waals surface area contributed by atoms with Crippen molar-refractivity contribution in [3.05, 3.63) is 12.7 Å². The molecule has 2 fully saturated rings. The Labute approximate surface area is 101 Å². The van der Waals surface area contributed by atoms with E-state index in [-0.39, 0.29) is 11.8 Å². The molecule has 1 amide bonds. The van der Waals surface area contributed by atoms with Crippen molar-refractivity contribution < 1.29 is 19.4 Å². The molecule has 2 aliphatic rings. The third kappa shape index (κ3) is 2.79. The Hall–Kier alpha value is -1.07. The lowest BCUT2D eigenvalue weighted by atomic mass is 9.81. The van der Waals surface area contributed by atoms with Crippen LogP contribution in [0.15, 0.2) is 12.7 Å². The smallest absolute Gasteiger partial charge is 0.405 e. The number of carboxylic acid groups (broad SMARTS) is 1. The molecule has 2 N–H and O–H groups in total. The Kier molecular flexibility index (Phi) is 3.69. The molecule has 5 heteroatoms. The van der Waals surface area contributed by atoms with Gasteiger partial charge in [0.25, 0.3) is 0 Å². The van der Waals surface area contributed by atoms with Crippen LogP contribution < -0.4 is 5.32 Å². The minimum atomic E-state index is -0.997. The zero-order valence-corrected chi connectivity index (χ0v) is 9.85. The van der Waals surface area contributed by atoms with Crippen molar-refractivity contribution in [3.8, 4) is 0 Å². The van der Waals surface area contributed by atoms with Crippen LogP contribution >= 0.6 is 0 Å². The number of hydrogen-bond donors (Lipinski definition) is 2. The first-order valence-electron chi connectivity index (χ1n) is 6.05. The molecule has 0 aromatic carbocycles. The zero-order valence-electron chi connectivity index (χ0n) is 9.85. The van der Waals surface area contributed by atoms with E-state index in [1.165, 1.54) is 0 Å². The topological polar surface area (TPSA) is 67.8 Å². The maximum Gasteiger partial charge on any atom is 0.405 e. The van der Waals surface area contributed by atoms with E-state index in [0.29, 0.717) is 19.1 Å². The summed E-state index contributed by atoms with van der Waals surface area (Å²) in [5.41, 5.74) is 0. The molecule has 0 aromatic heterocycles. The Bertz CT molecular complexity index is 289.